The Hall–Kier alpha value is -1.11. The van der Waals surface area contributed by atoms with Gasteiger partial charge in [-0.15, -0.1) is 34.9 Å². The van der Waals surface area contributed by atoms with E-state index in [2.05, 4.69) is 30.4 Å². The average Bonchev–Trinajstić information content (AvgIpc) is 3.23. The molecule has 0 atom stereocenters. The molecule has 1 saturated heterocycles. The highest BCUT2D eigenvalue weighted by Gasteiger charge is 2.17. The van der Waals surface area contributed by atoms with Gasteiger partial charge >= 0.3 is 0 Å². The number of ether oxygens (including phenoxy) is 1. The number of rotatable bonds is 6. The molecule has 1 N–H and O–H groups in total. The molecule has 0 bridgehead atoms. The highest BCUT2D eigenvalue weighted by Crippen LogP contribution is 2.45. The normalized spacial score (nSPS) is 14.8. The van der Waals surface area contributed by atoms with E-state index in [-0.39, 0.29) is 12.5 Å². The molecule has 6 heteroatoms. The van der Waals surface area contributed by atoms with Crippen molar-refractivity contribution >= 4 is 40.8 Å². The Kier molecular flexibility index (Phi) is 5.91. The van der Waals surface area contributed by atoms with Crippen LogP contribution >= 0.6 is 34.9 Å². The first kappa shape index (κ1) is 16.7. The fraction of sp³-hybridized carbons (Fsp3) is 0.353. The number of thioether (sulfide) groups is 2. The maximum Gasteiger partial charge on any atom is 0.258 e. The summed E-state index contributed by atoms with van der Waals surface area (Å²) in [4.78, 5) is 13.0. The lowest BCUT2D eigenvalue weighted by Crippen LogP contribution is -2.28. The molecule has 23 heavy (non-hydrogen) atoms. The Labute approximate surface area is 149 Å². The molecule has 1 amide bonds. The van der Waals surface area contributed by atoms with Crippen LogP contribution in [0.2, 0.25) is 0 Å². The van der Waals surface area contributed by atoms with Crippen molar-refractivity contribution in [3.8, 4) is 5.75 Å². The third-order valence-electron chi connectivity index (χ3n) is 3.56. The molecule has 3 nitrogen and oxygen atoms in total. The van der Waals surface area contributed by atoms with Crippen LogP contribution in [0.3, 0.4) is 0 Å². The van der Waals surface area contributed by atoms with Crippen LogP contribution in [0.4, 0.5) is 0 Å². The number of thiophene rings is 1. The lowest BCUT2D eigenvalue weighted by atomic mass is 10.2. The van der Waals surface area contributed by atoms with Crippen LogP contribution < -0.4 is 10.1 Å². The van der Waals surface area contributed by atoms with Gasteiger partial charge in [0.15, 0.2) is 6.61 Å². The van der Waals surface area contributed by atoms with Crippen LogP contribution in [-0.2, 0) is 11.3 Å². The zero-order chi connectivity index (χ0) is 16.1. The average molecular weight is 366 g/mol. The van der Waals surface area contributed by atoms with Crippen molar-refractivity contribution in [2.75, 3.05) is 18.1 Å². The van der Waals surface area contributed by atoms with E-state index in [0.717, 1.165) is 5.75 Å². The van der Waals surface area contributed by atoms with Crippen LogP contribution in [0.15, 0.2) is 35.7 Å². The van der Waals surface area contributed by atoms with Gasteiger partial charge in [-0.1, -0.05) is 12.1 Å². The van der Waals surface area contributed by atoms with E-state index < -0.39 is 0 Å². The molecule has 0 aliphatic carbocycles. The SMILES string of the molecule is Cc1ccsc1CNC(=O)COc1ccc(C2SCCS2)cc1. The molecule has 2 aromatic rings. The summed E-state index contributed by atoms with van der Waals surface area (Å²) in [5, 5.41) is 4.93. The van der Waals surface area contributed by atoms with Gasteiger partial charge in [-0.2, -0.15) is 0 Å². The predicted molar refractivity (Wildman–Crippen MR) is 100 cm³/mol. The number of hydrogen-bond donors (Lipinski definition) is 1. The van der Waals surface area contributed by atoms with E-state index in [4.69, 9.17) is 4.74 Å². The van der Waals surface area contributed by atoms with E-state index in [0.29, 0.717) is 11.1 Å². The summed E-state index contributed by atoms with van der Waals surface area (Å²) in [7, 11) is 0. The summed E-state index contributed by atoms with van der Waals surface area (Å²) in [6.07, 6.45) is 0. The Balaban J connectivity index is 1.44. The van der Waals surface area contributed by atoms with Crippen LogP contribution in [-0.4, -0.2) is 24.0 Å². The van der Waals surface area contributed by atoms with Crippen molar-refractivity contribution in [2.24, 2.45) is 0 Å². The molecule has 1 aromatic carbocycles. The Morgan fingerprint density at radius 2 is 1.96 bits per heavy atom. The van der Waals surface area contributed by atoms with Crippen molar-refractivity contribution < 1.29 is 9.53 Å². The fourth-order valence-corrected chi connectivity index (χ4v) is 5.94. The highest BCUT2D eigenvalue weighted by molar-refractivity contribution is 8.19. The van der Waals surface area contributed by atoms with Crippen LogP contribution in [0, 0.1) is 6.92 Å². The van der Waals surface area contributed by atoms with E-state index in [1.807, 2.05) is 41.0 Å². The van der Waals surface area contributed by atoms with Gasteiger partial charge in [-0.05, 0) is 41.6 Å². The Bertz CT molecular complexity index is 648. The first-order chi connectivity index (χ1) is 11.2. The van der Waals surface area contributed by atoms with Gasteiger partial charge in [-0.25, -0.2) is 0 Å². The third-order valence-corrected chi connectivity index (χ3v) is 7.69. The number of benzene rings is 1. The molecule has 122 valence electrons. The molecule has 2 heterocycles. The number of aryl methyl sites for hydroxylation is 1. The van der Waals surface area contributed by atoms with E-state index in [1.165, 1.54) is 27.5 Å². The smallest absolute Gasteiger partial charge is 0.258 e. The van der Waals surface area contributed by atoms with E-state index >= 15 is 0 Å². The van der Waals surface area contributed by atoms with Gasteiger partial charge in [0.25, 0.3) is 5.91 Å². The van der Waals surface area contributed by atoms with Gasteiger partial charge in [0.2, 0.25) is 0 Å². The molecule has 0 spiro atoms. The van der Waals surface area contributed by atoms with Crippen LogP contribution in [0.25, 0.3) is 0 Å². The number of nitrogens with one attached hydrogen (secondary N) is 1. The quantitative estimate of drug-likeness (QED) is 0.831. The monoisotopic (exact) mass is 365 g/mol. The van der Waals surface area contributed by atoms with Crippen molar-refractivity contribution in [3.63, 3.8) is 0 Å². The Morgan fingerprint density at radius 1 is 1.22 bits per heavy atom. The second kappa shape index (κ2) is 8.13. The van der Waals surface area contributed by atoms with Crippen molar-refractivity contribution in [2.45, 2.75) is 18.1 Å². The fourth-order valence-electron chi connectivity index (χ4n) is 2.24. The second-order valence-corrected chi connectivity index (χ2v) is 8.96. The van der Waals surface area contributed by atoms with E-state index in [1.54, 1.807) is 11.3 Å². The summed E-state index contributed by atoms with van der Waals surface area (Å²) < 4.78 is 6.11. The minimum absolute atomic E-state index is 0.0523. The number of carbonyl (C=O) groups excluding carboxylic acids is 1. The summed E-state index contributed by atoms with van der Waals surface area (Å²) in [5.41, 5.74) is 2.54. The minimum Gasteiger partial charge on any atom is -0.484 e. The first-order valence-electron chi connectivity index (χ1n) is 7.48. The topological polar surface area (TPSA) is 38.3 Å². The second-order valence-electron chi connectivity index (χ2n) is 5.23. The molecule has 1 fully saturated rings. The van der Waals surface area contributed by atoms with Gasteiger partial charge in [0.1, 0.15) is 5.75 Å². The lowest BCUT2D eigenvalue weighted by Gasteiger charge is -2.10. The maximum atomic E-state index is 11.9. The zero-order valence-electron chi connectivity index (χ0n) is 12.9. The standard InChI is InChI=1S/C17H19NO2S3/c1-12-6-7-21-15(12)10-18-16(19)11-20-14-4-2-13(3-5-14)17-22-8-9-23-17/h2-7,17H,8-11H2,1H3,(H,18,19). The molecule has 1 aromatic heterocycles. The van der Waals surface area contributed by atoms with Crippen molar-refractivity contribution in [1.29, 1.82) is 0 Å². The van der Waals surface area contributed by atoms with E-state index in [9.17, 15) is 4.79 Å². The van der Waals surface area contributed by atoms with Crippen LogP contribution in [0.5, 0.6) is 5.75 Å². The van der Waals surface area contributed by atoms with Gasteiger partial charge in [0.05, 0.1) is 11.1 Å². The number of amides is 1. The molecular formula is C17H19NO2S3. The van der Waals surface area contributed by atoms with Gasteiger partial charge in [-0.3, -0.25) is 4.79 Å². The molecule has 1 aliphatic rings. The maximum absolute atomic E-state index is 11.9. The largest absolute Gasteiger partial charge is 0.484 e. The predicted octanol–water partition coefficient (Wildman–Crippen LogP) is 4.23. The van der Waals surface area contributed by atoms with Crippen molar-refractivity contribution in [1.82, 2.24) is 5.32 Å². The van der Waals surface area contributed by atoms with Gasteiger partial charge in [0, 0.05) is 16.4 Å². The van der Waals surface area contributed by atoms with Gasteiger partial charge < -0.3 is 10.1 Å². The van der Waals surface area contributed by atoms with Crippen LogP contribution in [0.1, 0.15) is 20.6 Å². The lowest BCUT2D eigenvalue weighted by molar-refractivity contribution is -0.123. The molecule has 1 aliphatic heterocycles. The minimum atomic E-state index is -0.0937. The summed E-state index contributed by atoms with van der Waals surface area (Å²) in [6, 6.07) is 10.2. The molecular weight excluding hydrogens is 346 g/mol. The molecule has 0 unspecified atom stereocenters. The number of hydrogen-bond acceptors (Lipinski definition) is 5. The summed E-state index contributed by atoms with van der Waals surface area (Å²) >= 11 is 5.63. The highest BCUT2D eigenvalue weighted by atomic mass is 32.2. The Morgan fingerprint density at radius 3 is 2.61 bits per heavy atom. The zero-order valence-corrected chi connectivity index (χ0v) is 15.4. The van der Waals surface area contributed by atoms with Crippen molar-refractivity contribution in [3.05, 3.63) is 51.7 Å². The molecule has 3 rings (SSSR count). The number of carbonyl (C=O) groups is 1. The third kappa shape index (κ3) is 4.68. The first-order valence-corrected chi connectivity index (χ1v) is 10.5. The summed E-state index contributed by atoms with van der Waals surface area (Å²) in [6.45, 7) is 2.68. The molecule has 0 saturated carbocycles. The molecule has 0 radical (unpaired) electrons. The summed E-state index contributed by atoms with van der Waals surface area (Å²) in [5.74, 6) is 3.09.